The minimum Gasteiger partial charge on any atom is -0.384 e. The van der Waals surface area contributed by atoms with Gasteiger partial charge in [0.2, 0.25) is 0 Å². The zero-order chi connectivity index (χ0) is 27.9. The van der Waals surface area contributed by atoms with E-state index in [0.29, 0.717) is 41.8 Å². The molecule has 0 bridgehead atoms. The number of aryl methyl sites for hydroxylation is 1. The van der Waals surface area contributed by atoms with Crippen molar-refractivity contribution in [3.8, 4) is 22.6 Å². The second kappa shape index (κ2) is 10.6. The molecule has 0 atom stereocenters. The molecule has 0 aliphatic heterocycles. The van der Waals surface area contributed by atoms with E-state index in [-0.39, 0.29) is 5.25 Å². The van der Waals surface area contributed by atoms with Gasteiger partial charge in [-0.3, -0.25) is 4.68 Å². The van der Waals surface area contributed by atoms with Gasteiger partial charge in [0.25, 0.3) is 10.0 Å². The summed E-state index contributed by atoms with van der Waals surface area (Å²) in [4.78, 5) is 15.8. The van der Waals surface area contributed by atoms with Crippen LogP contribution in [-0.4, -0.2) is 79.7 Å². The predicted molar refractivity (Wildman–Crippen MR) is 154 cm³/mol. The molecule has 0 spiro atoms. The van der Waals surface area contributed by atoms with E-state index in [1.165, 1.54) is 25.2 Å². The molecule has 2 aliphatic rings. The van der Waals surface area contributed by atoms with Gasteiger partial charge in [-0.05, 0) is 63.7 Å². The SMILES string of the molecule is CN(C)CC1CC(CNc2cc(Nc3ccnc(-c4cnn(S(=O)(=O)C5CC5)c4)n3)ncc2-c2ccn(C)n2)C1. The minimum absolute atomic E-state index is 0.346. The second-order valence-corrected chi connectivity index (χ2v) is 13.1. The normalized spacial score (nSPS) is 19.0. The fourth-order valence-electron chi connectivity index (χ4n) is 5.17. The highest BCUT2D eigenvalue weighted by Gasteiger charge is 2.37. The average molecular weight is 563 g/mol. The lowest BCUT2D eigenvalue weighted by Gasteiger charge is -2.37. The van der Waals surface area contributed by atoms with E-state index in [1.807, 2.05) is 31.6 Å². The Bertz CT molecular complexity index is 1600. The lowest BCUT2D eigenvalue weighted by Crippen LogP contribution is -2.35. The number of rotatable bonds is 11. The van der Waals surface area contributed by atoms with Gasteiger partial charge < -0.3 is 15.5 Å². The molecule has 4 heterocycles. The Morgan fingerprint density at radius 3 is 2.62 bits per heavy atom. The van der Waals surface area contributed by atoms with E-state index in [9.17, 15) is 8.42 Å². The molecule has 210 valence electrons. The minimum atomic E-state index is -3.45. The molecule has 0 radical (unpaired) electrons. The van der Waals surface area contributed by atoms with Gasteiger partial charge in [0.1, 0.15) is 11.6 Å². The van der Waals surface area contributed by atoms with E-state index in [1.54, 1.807) is 16.9 Å². The maximum atomic E-state index is 12.5. The summed E-state index contributed by atoms with van der Waals surface area (Å²) < 4.78 is 27.8. The van der Waals surface area contributed by atoms with Crippen LogP contribution in [0.2, 0.25) is 0 Å². The first-order valence-corrected chi connectivity index (χ1v) is 15.0. The number of nitrogens with zero attached hydrogens (tertiary/aromatic N) is 8. The van der Waals surface area contributed by atoms with E-state index in [4.69, 9.17) is 0 Å². The fraction of sp³-hybridized carbons (Fsp3) is 0.444. The van der Waals surface area contributed by atoms with Gasteiger partial charge in [0.05, 0.1) is 28.9 Å². The van der Waals surface area contributed by atoms with Crippen molar-refractivity contribution in [3.05, 3.63) is 49.2 Å². The summed E-state index contributed by atoms with van der Waals surface area (Å²) in [5, 5.41) is 15.2. The van der Waals surface area contributed by atoms with Crippen LogP contribution in [0.4, 0.5) is 17.3 Å². The molecule has 40 heavy (non-hydrogen) atoms. The molecular weight excluding hydrogens is 528 g/mol. The molecule has 2 aliphatic carbocycles. The third-order valence-corrected chi connectivity index (χ3v) is 9.40. The zero-order valence-electron chi connectivity index (χ0n) is 22.9. The quantitative estimate of drug-likeness (QED) is 0.280. The van der Waals surface area contributed by atoms with Crippen molar-refractivity contribution >= 4 is 27.3 Å². The zero-order valence-corrected chi connectivity index (χ0v) is 23.7. The van der Waals surface area contributed by atoms with Gasteiger partial charge in [-0.15, -0.1) is 0 Å². The highest BCUT2D eigenvalue weighted by molar-refractivity contribution is 7.90. The van der Waals surface area contributed by atoms with E-state index in [0.717, 1.165) is 40.0 Å². The van der Waals surface area contributed by atoms with Crippen molar-refractivity contribution in [2.45, 2.75) is 30.9 Å². The Hall–Kier alpha value is -3.84. The lowest BCUT2D eigenvalue weighted by molar-refractivity contribution is 0.160. The molecule has 2 N–H and O–H groups in total. The van der Waals surface area contributed by atoms with Crippen LogP contribution in [0.15, 0.2) is 49.2 Å². The smallest absolute Gasteiger partial charge is 0.256 e. The number of hydrogen-bond acceptors (Lipinski definition) is 10. The monoisotopic (exact) mass is 562 g/mol. The summed E-state index contributed by atoms with van der Waals surface area (Å²) in [6.45, 7) is 2.02. The van der Waals surface area contributed by atoms with Gasteiger partial charge in [0.15, 0.2) is 5.82 Å². The molecular formula is C27H34N10O2S. The molecule has 0 saturated heterocycles. The van der Waals surface area contributed by atoms with Gasteiger partial charge in [-0.2, -0.15) is 14.3 Å². The van der Waals surface area contributed by atoms with Gasteiger partial charge >= 0.3 is 0 Å². The highest BCUT2D eigenvalue weighted by Crippen LogP contribution is 2.36. The number of hydrogen-bond donors (Lipinski definition) is 2. The molecule has 0 unspecified atom stereocenters. The first kappa shape index (κ1) is 26.4. The molecule has 2 fully saturated rings. The number of pyridine rings is 1. The molecule has 0 aromatic carbocycles. The summed E-state index contributed by atoms with van der Waals surface area (Å²) in [5.41, 5.74) is 3.27. The van der Waals surface area contributed by atoms with Crippen LogP contribution >= 0.6 is 0 Å². The number of nitrogens with one attached hydrogen (secondary N) is 2. The number of anilines is 3. The Kier molecular flexibility index (Phi) is 7.00. The van der Waals surface area contributed by atoms with Crippen molar-refractivity contribution in [3.63, 3.8) is 0 Å². The lowest BCUT2D eigenvalue weighted by atomic mass is 9.74. The van der Waals surface area contributed by atoms with Crippen molar-refractivity contribution in [1.82, 2.24) is 38.8 Å². The molecule has 4 aromatic heterocycles. The maximum absolute atomic E-state index is 12.5. The summed E-state index contributed by atoms with van der Waals surface area (Å²) in [6.07, 6.45) is 12.1. The van der Waals surface area contributed by atoms with Crippen molar-refractivity contribution in [1.29, 1.82) is 0 Å². The van der Waals surface area contributed by atoms with E-state index >= 15 is 0 Å². The largest absolute Gasteiger partial charge is 0.384 e. The maximum Gasteiger partial charge on any atom is 0.256 e. The molecule has 13 heteroatoms. The Morgan fingerprint density at radius 1 is 1.07 bits per heavy atom. The standard InChI is InChI=1S/C27H34N10O2S/c1-35(2)16-19-10-18(11-19)13-29-24-12-26(30-15-22(24)23-7-9-36(3)34-23)32-25-6-8-28-27(33-25)20-14-31-37(17-20)40(38,39)21-4-5-21/h6-9,12,14-15,17-19,21H,4-5,10-11,13,16H2,1-3H3,(H2,28,29,30,32,33). The summed E-state index contributed by atoms with van der Waals surface area (Å²) in [6, 6.07) is 5.70. The third-order valence-electron chi connectivity index (χ3n) is 7.37. The van der Waals surface area contributed by atoms with Gasteiger partial charge in [-0.25, -0.2) is 23.4 Å². The van der Waals surface area contributed by atoms with Crippen LogP contribution < -0.4 is 10.6 Å². The summed E-state index contributed by atoms with van der Waals surface area (Å²) >= 11 is 0. The number of aromatic nitrogens is 7. The topological polar surface area (TPSA) is 136 Å². The first-order chi connectivity index (χ1) is 19.2. The van der Waals surface area contributed by atoms with Crippen LogP contribution in [0.3, 0.4) is 0 Å². The molecule has 6 rings (SSSR count). The summed E-state index contributed by atoms with van der Waals surface area (Å²) in [7, 11) is 2.71. The fourth-order valence-corrected chi connectivity index (χ4v) is 6.65. The second-order valence-electron chi connectivity index (χ2n) is 11.1. The molecule has 0 amide bonds. The van der Waals surface area contributed by atoms with Gasteiger partial charge in [-0.1, -0.05) is 0 Å². The van der Waals surface area contributed by atoms with Crippen LogP contribution in [0, 0.1) is 11.8 Å². The van der Waals surface area contributed by atoms with Gasteiger partial charge in [0, 0.05) is 56.0 Å². The Balaban J connectivity index is 1.19. The highest BCUT2D eigenvalue weighted by atomic mass is 32.2. The van der Waals surface area contributed by atoms with Crippen molar-refractivity contribution in [2.24, 2.45) is 18.9 Å². The average Bonchev–Trinajstić information content (AvgIpc) is 3.49. The first-order valence-electron chi connectivity index (χ1n) is 13.5. The van der Waals surface area contributed by atoms with Crippen LogP contribution in [-0.2, 0) is 17.1 Å². The Labute approximate surface area is 233 Å². The van der Waals surface area contributed by atoms with E-state index < -0.39 is 10.0 Å². The van der Waals surface area contributed by atoms with Crippen LogP contribution in [0.5, 0.6) is 0 Å². The van der Waals surface area contributed by atoms with Crippen molar-refractivity contribution < 1.29 is 8.42 Å². The van der Waals surface area contributed by atoms with Crippen LogP contribution in [0.25, 0.3) is 22.6 Å². The molecule has 2 saturated carbocycles. The molecule has 4 aromatic rings. The Morgan fingerprint density at radius 2 is 1.90 bits per heavy atom. The van der Waals surface area contributed by atoms with Crippen LogP contribution in [0.1, 0.15) is 25.7 Å². The third kappa shape index (κ3) is 5.70. The molecule has 12 nitrogen and oxygen atoms in total. The van der Waals surface area contributed by atoms with Crippen molar-refractivity contribution in [2.75, 3.05) is 37.8 Å². The summed E-state index contributed by atoms with van der Waals surface area (Å²) in [5.74, 6) is 2.94. The predicted octanol–water partition coefficient (Wildman–Crippen LogP) is 3.22. The van der Waals surface area contributed by atoms with E-state index in [2.05, 4.69) is 54.8 Å².